The van der Waals surface area contributed by atoms with Crippen molar-refractivity contribution in [1.29, 1.82) is 0 Å². The van der Waals surface area contributed by atoms with E-state index >= 15 is 0 Å². The lowest BCUT2D eigenvalue weighted by Gasteiger charge is -2.37. The minimum absolute atomic E-state index is 0.180. The molecule has 168 valence electrons. The van der Waals surface area contributed by atoms with E-state index in [1.807, 2.05) is 60.7 Å². The topological polar surface area (TPSA) is 86.7 Å². The average molecular weight is 460 g/mol. The van der Waals surface area contributed by atoms with Crippen LogP contribution >= 0.6 is 0 Å². The average Bonchev–Trinajstić information content (AvgIpc) is 3.34. The lowest BCUT2D eigenvalue weighted by atomic mass is 9.64. The van der Waals surface area contributed by atoms with E-state index in [0.29, 0.717) is 11.1 Å². The smallest absolute Gasteiger partial charge is 0.346 e. The number of rotatable bonds is 4. The molecule has 6 rings (SSSR count). The van der Waals surface area contributed by atoms with Gasteiger partial charge in [-0.15, -0.1) is 0 Å². The summed E-state index contributed by atoms with van der Waals surface area (Å²) in [4.78, 5) is 49.1. The predicted molar refractivity (Wildman–Crippen MR) is 124 cm³/mol. The molecule has 35 heavy (non-hydrogen) atoms. The molecular weight excluding hydrogens is 444 g/mol. The Morgan fingerprint density at radius 1 is 0.400 bits per heavy atom. The zero-order valence-electron chi connectivity index (χ0n) is 18.2. The Kier molecular flexibility index (Phi) is 4.50. The Bertz CT molecular complexity index is 1430. The monoisotopic (exact) mass is 460 g/mol. The van der Waals surface area contributed by atoms with Crippen LogP contribution in [0, 0.1) is 0 Å². The van der Waals surface area contributed by atoms with Crippen molar-refractivity contribution in [3.8, 4) is 0 Å². The van der Waals surface area contributed by atoms with Crippen LogP contribution < -0.4 is 0 Å². The second kappa shape index (κ2) is 7.60. The van der Waals surface area contributed by atoms with Gasteiger partial charge in [0.2, 0.25) is 0 Å². The van der Waals surface area contributed by atoms with Crippen molar-refractivity contribution in [2.24, 2.45) is 0 Å². The first-order chi connectivity index (χ1) is 17.0. The quantitative estimate of drug-likeness (QED) is 0.250. The van der Waals surface area contributed by atoms with Gasteiger partial charge in [0.25, 0.3) is 0 Å². The predicted octanol–water partition coefficient (Wildman–Crippen LogP) is 4.69. The molecule has 6 nitrogen and oxygen atoms in total. The van der Waals surface area contributed by atoms with Gasteiger partial charge >= 0.3 is 23.9 Å². The third kappa shape index (κ3) is 2.97. The van der Waals surface area contributed by atoms with E-state index in [1.165, 1.54) is 0 Å². The van der Waals surface area contributed by atoms with E-state index in [9.17, 15) is 19.2 Å². The standard InChI is InChI=1S/C29H16O6/c30-25-21-13-11-19(15-23(21)27(32)34-25)29(17-7-3-1-4-8-17,18-9-5-2-6-10-18)20-12-14-22-24(16-20)28(33)35-26(22)31/h1-16H. The maximum absolute atomic E-state index is 12.5. The second-order valence-electron chi connectivity index (χ2n) is 8.36. The molecule has 0 saturated heterocycles. The summed E-state index contributed by atoms with van der Waals surface area (Å²) in [6, 6.07) is 29.3. The zero-order valence-corrected chi connectivity index (χ0v) is 18.2. The molecule has 6 heteroatoms. The van der Waals surface area contributed by atoms with Crippen molar-refractivity contribution in [3.63, 3.8) is 0 Å². The number of carbonyl (C=O) groups is 4. The van der Waals surface area contributed by atoms with E-state index in [2.05, 4.69) is 0 Å². The zero-order chi connectivity index (χ0) is 24.2. The van der Waals surface area contributed by atoms with Gasteiger partial charge in [0.1, 0.15) is 0 Å². The van der Waals surface area contributed by atoms with Crippen molar-refractivity contribution >= 4 is 23.9 Å². The van der Waals surface area contributed by atoms with E-state index in [-0.39, 0.29) is 22.3 Å². The number of esters is 4. The SMILES string of the molecule is O=C1OC(=O)c2cc(C(c3ccccc3)(c3ccccc3)c3ccc4c(c3)C(=O)OC4=O)ccc21. The van der Waals surface area contributed by atoms with Crippen LogP contribution in [0.1, 0.15) is 63.7 Å². The van der Waals surface area contributed by atoms with Crippen LogP contribution in [-0.4, -0.2) is 23.9 Å². The Morgan fingerprint density at radius 3 is 1.17 bits per heavy atom. The molecule has 2 aliphatic heterocycles. The molecule has 2 aliphatic rings. The van der Waals surface area contributed by atoms with Gasteiger partial charge in [-0.25, -0.2) is 19.2 Å². The van der Waals surface area contributed by atoms with Crippen molar-refractivity contribution in [2.45, 2.75) is 5.41 Å². The summed E-state index contributed by atoms with van der Waals surface area (Å²) in [5.41, 5.74) is 2.89. The molecule has 0 radical (unpaired) electrons. The van der Waals surface area contributed by atoms with Gasteiger partial charge in [-0.3, -0.25) is 0 Å². The van der Waals surface area contributed by atoms with Crippen LogP contribution in [0.3, 0.4) is 0 Å². The van der Waals surface area contributed by atoms with Crippen LogP contribution in [0.2, 0.25) is 0 Å². The molecule has 0 unspecified atom stereocenters. The van der Waals surface area contributed by atoms with E-state index < -0.39 is 29.3 Å². The number of carbonyl (C=O) groups excluding carboxylic acids is 4. The number of hydrogen-bond donors (Lipinski definition) is 0. The molecule has 0 atom stereocenters. The fourth-order valence-electron chi connectivity index (χ4n) is 5.01. The number of hydrogen-bond acceptors (Lipinski definition) is 6. The summed E-state index contributed by atoms with van der Waals surface area (Å²) >= 11 is 0. The van der Waals surface area contributed by atoms with Crippen molar-refractivity contribution in [3.05, 3.63) is 142 Å². The van der Waals surface area contributed by atoms with Gasteiger partial charge < -0.3 is 9.47 Å². The summed E-state index contributed by atoms with van der Waals surface area (Å²) in [5, 5.41) is 0. The summed E-state index contributed by atoms with van der Waals surface area (Å²) < 4.78 is 9.65. The van der Waals surface area contributed by atoms with Gasteiger partial charge in [-0.1, -0.05) is 72.8 Å². The van der Waals surface area contributed by atoms with Crippen LogP contribution in [0.5, 0.6) is 0 Å². The molecule has 2 heterocycles. The largest absolute Gasteiger partial charge is 0.386 e. The van der Waals surface area contributed by atoms with E-state index in [1.54, 1.807) is 36.4 Å². The van der Waals surface area contributed by atoms with E-state index in [4.69, 9.17) is 9.47 Å². The third-order valence-electron chi connectivity index (χ3n) is 6.57. The van der Waals surface area contributed by atoms with Gasteiger partial charge in [0.05, 0.1) is 27.7 Å². The number of fused-ring (bicyclic) bond motifs is 2. The summed E-state index contributed by atoms with van der Waals surface area (Å²) in [6.45, 7) is 0. The van der Waals surface area contributed by atoms with E-state index in [0.717, 1.165) is 11.1 Å². The van der Waals surface area contributed by atoms with Crippen LogP contribution in [0.15, 0.2) is 97.1 Å². The Hall–Kier alpha value is -4.84. The molecular formula is C29H16O6. The lowest BCUT2D eigenvalue weighted by Crippen LogP contribution is -2.31. The Balaban J connectivity index is 1.73. The van der Waals surface area contributed by atoms with Gasteiger partial charge in [0.15, 0.2) is 0 Å². The van der Waals surface area contributed by atoms with Crippen molar-refractivity contribution in [1.82, 2.24) is 0 Å². The molecule has 0 aliphatic carbocycles. The first kappa shape index (κ1) is 20.7. The summed E-state index contributed by atoms with van der Waals surface area (Å²) in [5.74, 6) is -2.77. The molecule has 0 N–H and O–H groups in total. The Morgan fingerprint density at radius 2 is 0.771 bits per heavy atom. The number of benzene rings is 4. The molecule has 4 aromatic rings. The highest BCUT2D eigenvalue weighted by Crippen LogP contribution is 2.46. The summed E-state index contributed by atoms with van der Waals surface area (Å²) in [7, 11) is 0. The van der Waals surface area contributed by atoms with Crippen LogP contribution in [0.4, 0.5) is 0 Å². The van der Waals surface area contributed by atoms with Crippen LogP contribution in [0.25, 0.3) is 0 Å². The molecule has 0 fully saturated rings. The number of cyclic esters (lactones) is 4. The minimum atomic E-state index is -0.996. The lowest BCUT2D eigenvalue weighted by molar-refractivity contribution is 0.0425. The second-order valence-corrected chi connectivity index (χ2v) is 8.36. The maximum Gasteiger partial charge on any atom is 0.346 e. The molecule has 0 amide bonds. The highest BCUT2D eigenvalue weighted by Gasteiger charge is 2.42. The third-order valence-corrected chi connectivity index (χ3v) is 6.57. The first-order valence-corrected chi connectivity index (χ1v) is 10.9. The maximum atomic E-state index is 12.5. The van der Waals surface area contributed by atoms with Gasteiger partial charge in [0, 0.05) is 0 Å². The first-order valence-electron chi connectivity index (χ1n) is 10.9. The van der Waals surface area contributed by atoms with Gasteiger partial charge in [-0.05, 0) is 46.5 Å². The molecule has 0 spiro atoms. The summed E-state index contributed by atoms with van der Waals surface area (Å²) in [6.07, 6.45) is 0. The fourth-order valence-corrected chi connectivity index (χ4v) is 5.01. The van der Waals surface area contributed by atoms with Crippen molar-refractivity contribution in [2.75, 3.05) is 0 Å². The highest BCUT2D eigenvalue weighted by atomic mass is 16.6. The fraction of sp³-hybridized carbons (Fsp3) is 0.0345. The molecule has 0 saturated carbocycles. The minimum Gasteiger partial charge on any atom is -0.386 e. The molecule has 0 aromatic heterocycles. The highest BCUT2D eigenvalue weighted by molar-refractivity contribution is 6.15. The molecule has 0 bridgehead atoms. The number of ether oxygens (including phenoxy) is 2. The van der Waals surface area contributed by atoms with Crippen LogP contribution in [-0.2, 0) is 14.9 Å². The van der Waals surface area contributed by atoms with Crippen molar-refractivity contribution < 1.29 is 28.7 Å². The molecule has 4 aromatic carbocycles. The Labute approximate surface area is 199 Å². The normalized spacial score (nSPS) is 14.4. The van der Waals surface area contributed by atoms with Gasteiger partial charge in [-0.2, -0.15) is 0 Å².